The zero-order chi connectivity index (χ0) is 21.0. The van der Waals surface area contributed by atoms with Gasteiger partial charge in [0, 0.05) is 38.8 Å². The highest BCUT2D eigenvalue weighted by atomic mass is 32.1. The Morgan fingerprint density at radius 3 is 2.34 bits per heavy atom. The predicted octanol–water partition coefficient (Wildman–Crippen LogP) is 2.64. The van der Waals surface area contributed by atoms with Crippen LogP contribution < -0.4 is 14.2 Å². The molecule has 0 atom stereocenters. The molecule has 156 valence electrons. The van der Waals surface area contributed by atoms with Gasteiger partial charge in [-0.3, -0.25) is 19.8 Å². The third kappa shape index (κ3) is 4.28. The van der Waals surface area contributed by atoms with E-state index in [9.17, 15) is 14.9 Å². The summed E-state index contributed by atoms with van der Waals surface area (Å²) in [7, 11) is 4.06. The summed E-state index contributed by atoms with van der Waals surface area (Å²) in [6.07, 6.45) is 0. The highest BCUT2D eigenvalue weighted by Crippen LogP contribution is 2.46. The monoisotopic (exact) mass is 421 g/mol. The maximum atomic E-state index is 13.1. The van der Waals surface area contributed by atoms with E-state index in [1.165, 1.54) is 33.0 Å². The Labute approximate surface area is 172 Å². The Kier molecular flexibility index (Phi) is 6.55. The lowest BCUT2D eigenvalue weighted by atomic mass is 10.1. The molecule has 0 radical (unpaired) electrons. The number of nitro benzene ring substituents is 1. The second-order valence-electron chi connectivity index (χ2n) is 6.50. The SMILES string of the molecule is COc1cc(C(=O)N2CCN(Cc3ccsc3)CC2)c([N+](=O)[O-])c(OC)c1OC. The summed E-state index contributed by atoms with van der Waals surface area (Å²) >= 11 is 1.66. The first kappa shape index (κ1) is 20.9. The molecule has 0 unspecified atom stereocenters. The smallest absolute Gasteiger partial charge is 0.327 e. The molecule has 1 amide bonds. The average molecular weight is 421 g/mol. The Balaban J connectivity index is 1.84. The van der Waals surface area contributed by atoms with Crippen LogP contribution in [0.15, 0.2) is 22.9 Å². The number of benzene rings is 1. The van der Waals surface area contributed by atoms with E-state index in [1.54, 1.807) is 16.2 Å². The van der Waals surface area contributed by atoms with Gasteiger partial charge in [-0.15, -0.1) is 0 Å². The van der Waals surface area contributed by atoms with Crippen molar-refractivity contribution in [1.29, 1.82) is 0 Å². The van der Waals surface area contributed by atoms with Gasteiger partial charge >= 0.3 is 5.69 Å². The number of methoxy groups -OCH3 is 3. The maximum Gasteiger partial charge on any atom is 0.327 e. The van der Waals surface area contributed by atoms with Gasteiger partial charge in [0.2, 0.25) is 11.5 Å². The first-order valence-corrected chi connectivity index (χ1v) is 9.94. The van der Waals surface area contributed by atoms with Crippen LogP contribution in [0, 0.1) is 10.1 Å². The number of amides is 1. The van der Waals surface area contributed by atoms with Crippen molar-refractivity contribution in [1.82, 2.24) is 9.80 Å². The maximum absolute atomic E-state index is 13.1. The van der Waals surface area contributed by atoms with Crippen LogP contribution in [0.1, 0.15) is 15.9 Å². The first-order chi connectivity index (χ1) is 14.0. The number of piperazine rings is 1. The van der Waals surface area contributed by atoms with Crippen LogP contribution in [0.5, 0.6) is 17.2 Å². The van der Waals surface area contributed by atoms with Crippen molar-refractivity contribution < 1.29 is 23.9 Å². The summed E-state index contributed by atoms with van der Waals surface area (Å²) in [5.41, 5.74) is 0.752. The number of ether oxygens (including phenoxy) is 3. The molecule has 0 spiro atoms. The molecular weight excluding hydrogens is 398 g/mol. The summed E-state index contributed by atoms with van der Waals surface area (Å²) in [5, 5.41) is 15.9. The van der Waals surface area contributed by atoms with Gasteiger partial charge in [-0.1, -0.05) is 0 Å². The Hall–Kier alpha value is -2.85. The number of hydrogen-bond donors (Lipinski definition) is 0. The Bertz CT molecular complexity index is 879. The third-order valence-corrected chi connectivity index (χ3v) is 5.59. The van der Waals surface area contributed by atoms with E-state index in [4.69, 9.17) is 14.2 Å². The highest BCUT2D eigenvalue weighted by Gasteiger charge is 2.35. The van der Waals surface area contributed by atoms with E-state index in [1.807, 2.05) is 5.38 Å². The van der Waals surface area contributed by atoms with Crippen LogP contribution >= 0.6 is 11.3 Å². The topological polar surface area (TPSA) is 94.4 Å². The number of nitro groups is 1. The van der Waals surface area contributed by atoms with Crippen LogP contribution in [0.4, 0.5) is 5.69 Å². The third-order valence-electron chi connectivity index (χ3n) is 4.86. The molecular formula is C19H23N3O6S. The van der Waals surface area contributed by atoms with Crippen molar-refractivity contribution in [2.24, 2.45) is 0 Å². The van der Waals surface area contributed by atoms with Crippen LogP contribution in [-0.2, 0) is 6.54 Å². The van der Waals surface area contributed by atoms with E-state index in [0.717, 1.165) is 6.54 Å². The van der Waals surface area contributed by atoms with Gasteiger partial charge in [-0.2, -0.15) is 11.3 Å². The number of hydrogen-bond acceptors (Lipinski definition) is 8. The Morgan fingerprint density at radius 1 is 1.14 bits per heavy atom. The molecule has 10 heteroatoms. The minimum Gasteiger partial charge on any atom is -0.493 e. The summed E-state index contributed by atoms with van der Waals surface area (Å²) < 4.78 is 15.7. The van der Waals surface area contributed by atoms with Gasteiger partial charge in [0.05, 0.1) is 26.3 Å². The van der Waals surface area contributed by atoms with Crippen molar-refractivity contribution in [2.45, 2.75) is 6.54 Å². The summed E-state index contributed by atoms with van der Waals surface area (Å²) in [5.74, 6) is -0.268. The van der Waals surface area contributed by atoms with Gasteiger partial charge in [0.15, 0.2) is 5.75 Å². The lowest BCUT2D eigenvalue weighted by molar-refractivity contribution is -0.386. The van der Waals surface area contributed by atoms with Crippen molar-refractivity contribution in [3.8, 4) is 17.2 Å². The van der Waals surface area contributed by atoms with Gasteiger partial charge in [-0.05, 0) is 22.4 Å². The lowest BCUT2D eigenvalue weighted by Gasteiger charge is -2.34. The number of nitrogens with zero attached hydrogens (tertiary/aromatic N) is 3. The number of carbonyl (C=O) groups excluding carboxylic acids is 1. The fraction of sp³-hybridized carbons (Fsp3) is 0.421. The van der Waals surface area contributed by atoms with E-state index in [2.05, 4.69) is 16.3 Å². The van der Waals surface area contributed by atoms with E-state index in [0.29, 0.717) is 26.2 Å². The van der Waals surface area contributed by atoms with E-state index < -0.39 is 16.5 Å². The van der Waals surface area contributed by atoms with Crippen molar-refractivity contribution >= 4 is 22.9 Å². The van der Waals surface area contributed by atoms with Gasteiger partial charge < -0.3 is 19.1 Å². The summed E-state index contributed by atoms with van der Waals surface area (Å²) in [6.45, 7) is 3.18. The van der Waals surface area contributed by atoms with E-state index >= 15 is 0 Å². The minimum absolute atomic E-state index is 0.0733. The van der Waals surface area contributed by atoms with Crippen LogP contribution in [0.25, 0.3) is 0 Å². The Morgan fingerprint density at radius 2 is 1.83 bits per heavy atom. The largest absolute Gasteiger partial charge is 0.493 e. The molecule has 2 heterocycles. The second kappa shape index (κ2) is 9.10. The highest BCUT2D eigenvalue weighted by molar-refractivity contribution is 7.07. The van der Waals surface area contributed by atoms with Crippen LogP contribution in [0.3, 0.4) is 0 Å². The van der Waals surface area contributed by atoms with Crippen LogP contribution in [-0.4, -0.2) is 68.1 Å². The molecule has 1 aliphatic rings. The normalized spacial score (nSPS) is 14.5. The molecule has 0 bridgehead atoms. The molecule has 1 fully saturated rings. The van der Waals surface area contributed by atoms with E-state index in [-0.39, 0.29) is 22.8 Å². The van der Waals surface area contributed by atoms with Gasteiger partial charge in [0.25, 0.3) is 5.91 Å². The average Bonchev–Trinajstić information content (AvgIpc) is 3.24. The summed E-state index contributed by atoms with van der Waals surface area (Å²) in [6, 6.07) is 3.43. The number of rotatable bonds is 7. The second-order valence-corrected chi connectivity index (χ2v) is 7.28. The molecule has 2 aromatic rings. The molecule has 1 saturated heterocycles. The zero-order valence-electron chi connectivity index (χ0n) is 16.5. The minimum atomic E-state index is -0.624. The zero-order valence-corrected chi connectivity index (χ0v) is 17.4. The van der Waals surface area contributed by atoms with Crippen molar-refractivity contribution in [3.63, 3.8) is 0 Å². The lowest BCUT2D eigenvalue weighted by Crippen LogP contribution is -2.48. The first-order valence-electron chi connectivity index (χ1n) is 9.00. The predicted molar refractivity (Wildman–Crippen MR) is 108 cm³/mol. The molecule has 0 saturated carbocycles. The number of carbonyl (C=O) groups is 1. The molecule has 1 aromatic heterocycles. The molecule has 0 aliphatic carbocycles. The molecule has 29 heavy (non-hydrogen) atoms. The molecule has 0 N–H and O–H groups in total. The number of thiophene rings is 1. The fourth-order valence-corrected chi connectivity index (χ4v) is 4.07. The molecule has 3 rings (SSSR count). The molecule has 1 aromatic carbocycles. The van der Waals surface area contributed by atoms with Crippen LogP contribution in [0.2, 0.25) is 0 Å². The van der Waals surface area contributed by atoms with Gasteiger partial charge in [0.1, 0.15) is 5.56 Å². The van der Waals surface area contributed by atoms with Gasteiger partial charge in [-0.25, -0.2) is 0 Å². The quantitative estimate of drug-likeness (QED) is 0.501. The standard InChI is InChI=1S/C19H23N3O6S/c1-26-15-10-14(16(22(24)25)18(28-3)17(15)27-2)19(23)21-7-5-20(6-8-21)11-13-4-9-29-12-13/h4,9-10,12H,5-8,11H2,1-3H3. The molecule has 1 aliphatic heterocycles. The fourth-order valence-electron chi connectivity index (χ4n) is 3.41. The van der Waals surface area contributed by atoms with Crippen molar-refractivity contribution in [3.05, 3.63) is 44.1 Å². The van der Waals surface area contributed by atoms with Crippen molar-refractivity contribution in [2.75, 3.05) is 47.5 Å². The molecule has 9 nitrogen and oxygen atoms in total. The summed E-state index contributed by atoms with van der Waals surface area (Å²) in [4.78, 5) is 28.1.